The molecule has 6 heteroatoms. The lowest BCUT2D eigenvalue weighted by atomic mass is 10.2. The van der Waals surface area contributed by atoms with Crippen LogP contribution < -0.4 is 0 Å². The molecule has 0 saturated heterocycles. The third-order valence-corrected chi connectivity index (χ3v) is 2.61. The number of aryl methyl sites for hydroxylation is 2. The maximum absolute atomic E-state index is 11.0. The van der Waals surface area contributed by atoms with Crippen LogP contribution in [0.1, 0.15) is 11.4 Å². The molecular formula is C11H10ClN3O2. The minimum atomic E-state index is -0.461. The highest BCUT2D eigenvalue weighted by Gasteiger charge is 2.17. The highest BCUT2D eigenvalue weighted by atomic mass is 35.5. The average molecular weight is 252 g/mol. The lowest BCUT2D eigenvalue weighted by Gasteiger charge is -2.05. The van der Waals surface area contributed by atoms with Crippen LogP contribution in [0.15, 0.2) is 24.3 Å². The third kappa shape index (κ3) is 2.14. The molecule has 0 atom stereocenters. The van der Waals surface area contributed by atoms with E-state index >= 15 is 0 Å². The first kappa shape index (κ1) is 11.6. The molecule has 0 aliphatic heterocycles. The van der Waals surface area contributed by atoms with Gasteiger partial charge < -0.3 is 0 Å². The number of benzene rings is 1. The summed E-state index contributed by atoms with van der Waals surface area (Å²) in [5.41, 5.74) is 2.02. The van der Waals surface area contributed by atoms with Crippen LogP contribution in [0.2, 0.25) is 5.02 Å². The molecule has 0 aliphatic carbocycles. The zero-order valence-corrected chi connectivity index (χ0v) is 10.1. The number of hydrogen-bond acceptors (Lipinski definition) is 3. The van der Waals surface area contributed by atoms with Gasteiger partial charge in [-0.2, -0.15) is 5.10 Å². The third-order valence-electron chi connectivity index (χ3n) is 2.37. The van der Waals surface area contributed by atoms with Gasteiger partial charge in [-0.3, -0.25) is 10.1 Å². The predicted octanol–water partition coefficient (Wildman–Crippen LogP) is 3.05. The van der Waals surface area contributed by atoms with Gasteiger partial charge in [-0.1, -0.05) is 11.6 Å². The van der Waals surface area contributed by atoms with E-state index in [9.17, 15) is 10.1 Å². The van der Waals surface area contributed by atoms with E-state index in [0.717, 1.165) is 11.4 Å². The van der Waals surface area contributed by atoms with Gasteiger partial charge in [0.15, 0.2) is 0 Å². The lowest BCUT2D eigenvalue weighted by molar-refractivity contribution is -0.384. The maximum atomic E-state index is 11.0. The Morgan fingerprint density at radius 2 is 2.06 bits per heavy atom. The second-order valence-corrected chi connectivity index (χ2v) is 4.17. The quantitative estimate of drug-likeness (QED) is 0.609. The number of halogens is 1. The van der Waals surface area contributed by atoms with Gasteiger partial charge in [-0.15, -0.1) is 0 Å². The molecule has 0 saturated carbocycles. The van der Waals surface area contributed by atoms with Crippen LogP contribution in [0.25, 0.3) is 5.69 Å². The van der Waals surface area contributed by atoms with Crippen molar-refractivity contribution in [1.29, 1.82) is 0 Å². The Kier molecular flexibility index (Phi) is 2.85. The molecule has 5 nitrogen and oxygen atoms in total. The van der Waals surface area contributed by atoms with Crippen LogP contribution in [0.4, 0.5) is 5.69 Å². The second-order valence-electron chi connectivity index (χ2n) is 3.73. The molecule has 0 unspecified atom stereocenters. The summed E-state index contributed by atoms with van der Waals surface area (Å²) in [6, 6.07) is 6.39. The highest BCUT2D eigenvalue weighted by molar-refractivity contribution is 6.30. The molecule has 2 aromatic rings. The van der Waals surface area contributed by atoms with Crippen molar-refractivity contribution in [3.8, 4) is 5.69 Å². The van der Waals surface area contributed by atoms with E-state index in [1.165, 1.54) is 6.07 Å². The SMILES string of the molecule is Cc1cc(C)n(-c2ccc(Cl)cc2[N+](=O)[O-])n1. The zero-order valence-electron chi connectivity index (χ0n) is 9.35. The van der Waals surface area contributed by atoms with Crippen molar-refractivity contribution in [2.75, 3.05) is 0 Å². The van der Waals surface area contributed by atoms with Gasteiger partial charge in [0, 0.05) is 16.8 Å². The first-order valence-corrected chi connectivity index (χ1v) is 5.34. The van der Waals surface area contributed by atoms with Crippen LogP contribution in [0.3, 0.4) is 0 Å². The van der Waals surface area contributed by atoms with E-state index in [2.05, 4.69) is 5.10 Å². The number of nitro benzene ring substituents is 1. The van der Waals surface area contributed by atoms with Gasteiger partial charge in [0.1, 0.15) is 5.69 Å². The summed E-state index contributed by atoms with van der Waals surface area (Å²) in [6.07, 6.45) is 0. The molecule has 1 aromatic heterocycles. The fourth-order valence-corrected chi connectivity index (χ4v) is 1.86. The minimum absolute atomic E-state index is 0.0521. The largest absolute Gasteiger partial charge is 0.296 e. The Labute approximate surface area is 103 Å². The van der Waals surface area contributed by atoms with Crippen molar-refractivity contribution in [1.82, 2.24) is 9.78 Å². The van der Waals surface area contributed by atoms with Crippen molar-refractivity contribution in [2.24, 2.45) is 0 Å². The average Bonchev–Trinajstić information content (AvgIpc) is 2.57. The Morgan fingerprint density at radius 1 is 1.35 bits per heavy atom. The summed E-state index contributed by atoms with van der Waals surface area (Å²) in [6.45, 7) is 3.68. The predicted molar refractivity (Wildman–Crippen MR) is 64.7 cm³/mol. The Bertz CT molecular complexity index is 592. The van der Waals surface area contributed by atoms with E-state index in [1.54, 1.807) is 16.8 Å². The summed E-state index contributed by atoms with van der Waals surface area (Å²) >= 11 is 5.76. The summed E-state index contributed by atoms with van der Waals surface area (Å²) in [5, 5.41) is 15.5. The molecule has 0 N–H and O–H groups in total. The van der Waals surface area contributed by atoms with E-state index in [-0.39, 0.29) is 5.69 Å². The van der Waals surface area contributed by atoms with E-state index in [0.29, 0.717) is 10.7 Å². The van der Waals surface area contributed by atoms with Crippen LogP contribution in [-0.2, 0) is 0 Å². The topological polar surface area (TPSA) is 61.0 Å². The maximum Gasteiger partial charge on any atom is 0.296 e. The Balaban J connectivity index is 2.67. The standard InChI is InChI=1S/C11H10ClN3O2/c1-7-5-8(2)14(13-7)10-4-3-9(12)6-11(10)15(16)17/h3-6H,1-2H3. The van der Waals surface area contributed by atoms with Crippen molar-refractivity contribution in [3.05, 3.63) is 50.8 Å². The molecule has 88 valence electrons. The minimum Gasteiger partial charge on any atom is -0.258 e. The number of aromatic nitrogens is 2. The van der Waals surface area contributed by atoms with Crippen LogP contribution in [-0.4, -0.2) is 14.7 Å². The molecule has 0 radical (unpaired) electrons. The first-order chi connectivity index (χ1) is 7.99. The van der Waals surface area contributed by atoms with Crippen LogP contribution >= 0.6 is 11.6 Å². The summed E-state index contributed by atoms with van der Waals surface area (Å²) < 4.78 is 1.55. The molecule has 17 heavy (non-hydrogen) atoms. The van der Waals surface area contributed by atoms with Gasteiger partial charge in [0.05, 0.1) is 10.6 Å². The van der Waals surface area contributed by atoms with Crippen molar-refractivity contribution < 1.29 is 4.92 Å². The number of hydrogen-bond donors (Lipinski definition) is 0. The van der Waals surface area contributed by atoms with E-state index in [4.69, 9.17) is 11.6 Å². The molecule has 0 bridgehead atoms. The van der Waals surface area contributed by atoms with Crippen molar-refractivity contribution in [2.45, 2.75) is 13.8 Å². The van der Waals surface area contributed by atoms with Crippen molar-refractivity contribution in [3.63, 3.8) is 0 Å². The van der Waals surface area contributed by atoms with Crippen LogP contribution in [0, 0.1) is 24.0 Å². The lowest BCUT2D eigenvalue weighted by Crippen LogP contribution is -2.03. The molecular weight excluding hydrogens is 242 g/mol. The van der Waals surface area contributed by atoms with E-state index in [1.807, 2.05) is 19.9 Å². The molecule has 1 heterocycles. The van der Waals surface area contributed by atoms with Gasteiger partial charge >= 0.3 is 0 Å². The van der Waals surface area contributed by atoms with E-state index < -0.39 is 4.92 Å². The normalized spacial score (nSPS) is 10.5. The van der Waals surface area contributed by atoms with Gasteiger partial charge in [-0.05, 0) is 32.0 Å². The molecule has 2 rings (SSSR count). The zero-order chi connectivity index (χ0) is 12.6. The summed E-state index contributed by atoms with van der Waals surface area (Å²) in [4.78, 5) is 10.5. The number of rotatable bonds is 2. The molecule has 0 fully saturated rings. The molecule has 0 amide bonds. The monoisotopic (exact) mass is 251 g/mol. The highest BCUT2D eigenvalue weighted by Crippen LogP contribution is 2.27. The molecule has 1 aromatic carbocycles. The Hall–Kier alpha value is -1.88. The summed E-state index contributed by atoms with van der Waals surface area (Å²) in [7, 11) is 0. The fourth-order valence-electron chi connectivity index (χ4n) is 1.69. The number of nitrogens with zero attached hydrogens (tertiary/aromatic N) is 3. The first-order valence-electron chi connectivity index (χ1n) is 4.96. The van der Waals surface area contributed by atoms with Gasteiger partial charge in [-0.25, -0.2) is 4.68 Å². The van der Waals surface area contributed by atoms with Crippen molar-refractivity contribution >= 4 is 17.3 Å². The fraction of sp³-hybridized carbons (Fsp3) is 0.182. The van der Waals surface area contributed by atoms with Gasteiger partial charge in [0.2, 0.25) is 0 Å². The molecule has 0 aliphatic rings. The molecule has 0 spiro atoms. The summed E-state index contributed by atoms with van der Waals surface area (Å²) in [5.74, 6) is 0. The number of nitro groups is 1. The Morgan fingerprint density at radius 3 is 2.59 bits per heavy atom. The van der Waals surface area contributed by atoms with Crippen LogP contribution in [0.5, 0.6) is 0 Å². The van der Waals surface area contributed by atoms with Gasteiger partial charge in [0.25, 0.3) is 5.69 Å². The second kappa shape index (κ2) is 4.18. The smallest absolute Gasteiger partial charge is 0.258 e.